The minimum absolute atomic E-state index is 0.0291. The zero-order chi connectivity index (χ0) is 17.3. The summed E-state index contributed by atoms with van der Waals surface area (Å²) in [5.74, 6) is -1.09. The van der Waals surface area contributed by atoms with E-state index in [-0.39, 0.29) is 22.9 Å². The summed E-state index contributed by atoms with van der Waals surface area (Å²) < 4.78 is 35.8. The van der Waals surface area contributed by atoms with Crippen molar-refractivity contribution in [3.63, 3.8) is 0 Å². The Morgan fingerprint density at radius 1 is 1.29 bits per heavy atom. The first-order valence-electron chi connectivity index (χ1n) is 7.21. The summed E-state index contributed by atoms with van der Waals surface area (Å²) in [6.45, 7) is 0. The molecule has 2 N–H and O–H groups in total. The smallest absolute Gasteiger partial charge is 0.346 e. The van der Waals surface area contributed by atoms with Gasteiger partial charge in [-0.2, -0.15) is 4.98 Å². The van der Waals surface area contributed by atoms with Crippen LogP contribution in [0.25, 0.3) is 11.3 Å². The van der Waals surface area contributed by atoms with Gasteiger partial charge < -0.3 is 10.3 Å². The van der Waals surface area contributed by atoms with Crippen molar-refractivity contribution in [2.75, 3.05) is 11.5 Å². The molecule has 1 unspecified atom stereocenters. The standard InChI is InChI=1S/C15H14FN3O4S/c16-10-3-1-9(2-4-10)12-7-13(19-15(21)18-12)14(20)17-11-5-6-24(22,23)8-11/h1-4,7,11H,5-6,8H2,(H,17,20)(H,18,19,21). The Bertz CT molecular complexity index is 938. The molecule has 2 aromatic rings. The van der Waals surface area contributed by atoms with Gasteiger partial charge in [0, 0.05) is 11.6 Å². The topological polar surface area (TPSA) is 109 Å². The van der Waals surface area contributed by atoms with Gasteiger partial charge in [-0.15, -0.1) is 0 Å². The molecule has 1 fully saturated rings. The third kappa shape index (κ3) is 3.67. The molecule has 1 atom stereocenters. The molecule has 0 spiro atoms. The summed E-state index contributed by atoms with van der Waals surface area (Å²) in [5, 5.41) is 2.59. The first-order valence-corrected chi connectivity index (χ1v) is 9.03. The number of nitrogens with zero attached hydrogens (tertiary/aromatic N) is 1. The van der Waals surface area contributed by atoms with E-state index in [4.69, 9.17) is 0 Å². The summed E-state index contributed by atoms with van der Waals surface area (Å²) in [4.78, 5) is 30.0. The first kappa shape index (κ1) is 16.3. The maximum Gasteiger partial charge on any atom is 0.346 e. The Balaban J connectivity index is 1.84. The third-order valence-electron chi connectivity index (χ3n) is 3.70. The van der Waals surface area contributed by atoms with Crippen LogP contribution in [0.15, 0.2) is 35.1 Å². The number of hydrogen-bond donors (Lipinski definition) is 2. The fourth-order valence-electron chi connectivity index (χ4n) is 2.52. The Morgan fingerprint density at radius 2 is 2.00 bits per heavy atom. The second-order valence-electron chi connectivity index (χ2n) is 5.57. The van der Waals surface area contributed by atoms with Crippen LogP contribution in [0, 0.1) is 5.82 Å². The first-order chi connectivity index (χ1) is 11.3. The van der Waals surface area contributed by atoms with Gasteiger partial charge in [-0.1, -0.05) is 0 Å². The Hall–Kier alpha value is -2.55. The lowest BCUT2D eigenvalue weighted by molar-refractivity contribution is 0.0935. The Labute approximate surface area is 136 Å². The predicted octanol–water partition coefficient (Wildman–Crippen LogP) is 0.493. The van der Waals surface area contributed by atoms with Crippen LogP contribution in [0.2, 0.25) is 0 Å². The van der Waals surface area contributed by atoms with Crippen molar-refractivity contribution < 1.29 is 17.6 Å². The predicted molar refractivity (Wildman–Crippen MR) is 84.8 cm³/mol. The number of rotatable bonds is 3. The molecule has 1 aromatic carbocycles. The number of sulfone groups is 1. The SMILES string of the molecule is O=C(NC1CCS(=O)(=O)C1)c1cc(-c2ccc(F)cc2)nc(=O)[nH]1. The second-order valence-corrected chi connectivity index (χ2v) is 7.79. The fourth-order valence-corrected chi connectivity index (χ4v) is 4.19. The average Bonchev–Trinajstić information content (AvgIpc) is 2.86. The average molecular weight is 351 g/mol. The van der Waals surface area contributed by atoms with Gasteiger partial charge in [0.15, 0.2) is 9.84 Å². The maximum absolute atomic E-state index is 13.0. The van der Waals surface area contributed by atoms with E-state index in [2.05, 4.69) is 15.3 Å². The molecule has 1 saturated heterocycles. The van der Waals surface area contributed by atoms with Crippen LogP contribution in [0.4, 0.5) is 4.39 Å². The molecule has 1 aromatic heterocycles. The highest BCUT2D eigenvalue weighted by molar-refractivity contribution is 7.91. The summed E-state index contributed by atoms with van der Waals surface area (Å²) >= 11 is 0. The highest BCUT2D eigenvalue weighted by Gasteiger charge is 2.29. The lowest BCUT2D eigenvalue weighted by Gasteiger charge is -2.11. The van der Waals surface area contributed by atoms with Crippen molar-refractivity contribution in [3.05, 3.63) is 52.3 Å². The number of nitrogens with one attached hydrogen (secondary N) is 2. The molecule has 0 saturated carbocycles. The number of carbonyl (C=O) groups is 1. The Kier molecular flexibility index (Phi) is 4.18. The van der Waals surface area contributed by atoms with E-state index < -0.39 is 33.3 Å². The summed E-state index contributed by atoms with van der Waals surface area (Å²) in [7, 11) is -3.12. The van der Waals surface area contributed by atoms with Crippen molar-refractivity contribution in [2.24, 2.45) is 0 Å². The minimum Gasteiger partial charge on any atom is -0.347 e. The molecule has 1 aliphatic rings. The van der Waals surface area contributed by atoms with Crippen LogP contribution < -0.4 is 11.0 Å². The number of H-pyrrole nitrogens is 1. The Morgan fingerprint density at radius 3 is 2.62 bits per heavy atom. The number of carbonyl (C=O) groups excluding carboxylic acids is 1. The molecule has 126 valence electrons. The van der Waals surface area contributed by atoms with Crippen molar-refractivity contribution in [1.29, 1.82) is 0 Å². The van der Waals surface area contributed by atoms with Crippen LogP contribution in [0.1, 0.15) is 16.9 Å². The molecule has 0 aliphatic carbocycles. The molecule has 1 amide bonds. The fraction of sp³-hybridized carbons (Fsp3) is 0.267. The summed E-state index contributed by atoms with van der Waals surface area (Å²) in [6.07, 6.45) is 0.341. The molecule has 0 radical (unpaired) electrons. The van der Waals surface area contributed by atoms with Gasteiger partial charge in [0.05, 0.1) is 17.2 Å². The summed E-state index contributed by atoms with van der Waals surface area (Å²) in [5.41, 5.74) is -0.0393. The highest BCUT2D eigenvalue weighted by Crippen LogP contribution is 2.17. The number of halogens is 1. The van der Waals surface area contributed by atoms with Gasteiger partial charge in [-0.25, -0.2) is 17.6 Å². The van der Waals surface area contributed by atoms with Gasteiger partial charge in [0.1, 0.15) is 11.5 Å². The van der Waals surface area contributed by atoms with Crippen LogP contribution >= 0.6 is 0 Å². The molecule has 24 heavy (non-hydrogen) atoms. The third-order valence-corrected chi connectivity index (χ3v) is 5.46. The van der Waals surface area contributed by atoms with E-state index in [0.29, 0.717) is 12.0 Å². The van der Waals surface area contributed by atoms with E-state index in [1.165, 1.54) is 30.3 Å². The van der Waals surface area contributed by atoms with Crippen LogP contribution in [-0.2, 0) is 9.84 Å². The number of benzene rings is 1. The molecule has 3 rings (SSSR count). The highest BCUT2D eigenvalue weighted by atomic mass is 32.2. The molecule has 9 heteroatoms. The van der Waals surface area contributed by atoms with Gasteiger partial charge >= 0.3 is 5.69 Å². The van der Waals surface area contributed by atoms with Gasteiger partial charge in [-0.05, 0) is 36.8 Å². The molecular weight excluding hydrogens is 337 g/mol. The maximum atomic E-state index is 13.0. The van der Waals surface area contributed by atoms with Crippen LogP contribution in [-0.4, -0.2) is 41.8 Å². The van der Waals surface area contributed by atoms with E-state index >= 15 is 0 Å². The monoisotopic (exact) mass is 351 g/mol. The van der Waals surface area contributed by atoms with Crippen LogP contribution in [0.3, 0.4) is 0 Å². The molecule has 0 bridgehead atoms. The van der Waals surface area contributed by atoms with E-state index in [0.717, 1.165) is 0 Å². The van der Waals surface area contributed by atoms with Crippen molar-refractivity contribution in [1.82, 2.24) is 15.3 Å². The minimum atomic E-state index is -3.12. The number of amides is 1. The van der Waals surface area contributed by atoms with Crippen molar-refractivity contribution in [3.8, 4) is 11.3 Å². The van der Waals surface area contributed by atoms with Crippen molar-refractivity contribution in [2.45, 2.75) is 12.5 Å². The second kappa shape index (κ2) is 6.16. The van der Waals surface area contributed by atoms with Crippen molar-refractivity contribution >= 4 is 15.7 Å². The zero-order valence-corrected chi connectivity index (χ0v) is 13.3. The lowest BCUT2D eigenvalue weighted by Crippen LogP contribution is -2.37. The van der Waals surface area contributed by atoms with Gasteiger partial charge in [0.25, 0.3) is 5.91 Å². The van der Waals surface area contributed by atoms with E-state index in [1.54, 1.807) is 0 Å². The number of hydrogen-bond acceptors (Lipinski definition) is 5. The molecule has 2 heterocycles. The lowest BCUT2D eigenvalue weighted by atomic mass is 10.1. The van der Waals surface area contributed by atoms with Crippen LogP contribution in [0.5, 0.6) is 0 Å². The van der Waals surface area contributed by atoms with E-state index in [1.807, 2.05) is 0 Å². The van der Waals surface area contributed by atoms with E-state index in [9.17, 15) is 22.4 Å². The quantitative estimate of drug-likeness (QED) is 0.837. The van der Waals surface area contributed by atoms with Gasteiger partial charge in [0.2, 0.25) is 0 Å². The normalized spacial score (nSPS) is 19.1. The number of aromatic amines is 1. The molecule has 7 nitrogen and oxygen atoms in total. The molecule has 1 aliphatic heterocycles. The largest absolute Gasteiger partial charge is 0.347 e. The zero-order valence-electron chi connectivity index (χ0n) is 12.5. The molecular formula is C15H14FN3O4S. The van der Waals surface area contributed by atoms with Gasteiger partial charge in [-0.3, -0.25) is 4.79 Å². The summed E-state index contributed by atoms with van der Waals surface area (Å²) in [6, 6.07) is 6.23. The number of aromatic nitrogens is 2.